The molecule has 0 aliphatic carbocycles. The zero-order chi connectivity index (χ0) is 12.8. The Balaban J connectivity index is 1.94. The van der Waals surface area contributed by atoms with Crippen LogP contribution in [0.5, 0.6) is 0 Å². The third-order valence-corrected chi connectivity index (χ3v) is 4.57. The molecule has 98 valence electrons. The summed E-state index contributed by atoms with van der Waals surface area (Å²) in [5.41, 5.74) is 1.31. The number of aliphatic hydroxyl groups is 1. The van der Waals surface area contributed by atoms with Crippen LogP contribution >= 0.6 is 0 Å². The molecular weight excluding hydrogens is 224 g/mol. The SMILES string of the molecule is CC(C)(c1ccccc1)N1C2CNCC1C(O)C2. The Labute approximate surface area is 109 Å². The average Bonchev–Trinajstić information content (AvgIpc) is 2.58. The Morgan fingerprint density at radius 3 is 2.61 bits per heavy atom. The lowest BCUT2D eigenvalue weighted by Gasteiger charge is -2.46. The summed E-state index contributed by atoms with van der Waals surface area (Å²) in [5, 5.41) is 13.6. The van der Waals surface area contributed by atoms with E-state index in [0.717, 1.165) is 19.5 Å². The minimum absolute atomic E-state index is 0.0177. The Kier molecular flexibility index (Phi) is 2.93. The molecule has 2 aliphatic rings. The summed E-state index contributed by atoms with van der Waals surface area (Å²) in [4.78, 5) is 2.52. The minimum atomic E-state index is -0.187. The molecule has 2 N–H and O–H groups in total. The molecule has 2 bridgehead atoms. The van der Waals surface area contributed by atoms with Gasteiger partial charge in [0, 0.05) is 30.7 Å². The lowest BCUT2D eigenvalue weighted by molar-refractivity contribution is 0.0143. The molecule has 3 unspecified atom stereocenters. The molecule has 2 aliphatic heterocycles. The van der Waals surface area contributed by atoms with Gasteiger partial charge in [-0.15, -0.1) is 0 Å². The predicted octanol–water partition coefficient (Wildman–Crippen LogP) is 1.33. The number of aliphatic hydroxyl groups excluding tert-OH is 1. The molecule has 3 atom stereocenters. The first kappa shape index (κ1) is 12.2. The molecule has 18 heavy (non-hydrogen) atoms. The monoisotopic (exact) mass is 246 g/mol. The molecule has 0 saturated carbocycles. The highest BCUT2D eigenvalue weighted by atomic mass is 16.3. The van der Waals surface area contributed by atoms with E-state index in [-0.39, 0.29) is 17.7 Å². The van der Waals surface area contributed by atoms with E-state index in [0.29, 0.717) is 6.04 Å². The summed E-state index contributed by atoms with van der Waals surface area (Å²) in [7, 11) is 0. The number of benzene rings is 1. The lowest BCUT2D eigenvalue weighted by Crippen LogP contribution is -2.59. The largest absolute Gasteiger partial charge is 0.391 e. The third-order valence-electron chi connectivity index (χ3n) is 4.57. The highest BCUT2D eigenvalue weighted by molar-refractivity contribution is 5.25. The van der Waals surface area contributed by atoms with Crippen LogP contribution in [-0.4, -0.2) is 41.3 Å². The second-order valence-electron chi connectivity index (χ2n) is 6.01. The molecule has 3 heteroatoms. The summed E-state index contributed by atoms with van der Waals surface area (Å²) in [6.45, 7) is 6.43. The van der Waals surface area contributed by atoms with Crippen molar-refractivity contribution in [2.75, 3.05) is 13.1 Å². The molecule has 0 radical (unpaired) electrons. The van der Waals surface area contributed by atoms with E-state index in [1.54, 1.807) is 0 Å². The van der Waals surface area contributed by atoms with E-state index >= 15 is 0 Å². The van der Waals surface area contributed by atoms with Gasteiger partial charge in [0.15, 0.2) is 0 Å². The van der Waals surface area contributed by atoms with Crippen LogP contribution in [0.25, 0.3) is 0 Å². The van der Waals surface area contributed by atoms with Crippen LogP contribution in [0.3, 0.4) is 0 Å². The first-order chi connectivity index (χ1) is 8.60. The molecule has 2 fully saturated rings. The molecule has 1 aromatic rings. The van der Waals surface area contributed by atoms with Gasteiger partial charge in [0.1, 0.15) is 0 Å². The number of nitrogens with zero attached hydrogens (tertiary/aromatic N) is 1. The smallest absolute Gasteiger partial charge is 0.0723 e. The van der Waals surface area contributed by atoms with Gasteiger partial charge < -0.3 is 10.4 Å². The highest BCUT2D eigenvalue weighted by Gasteiger charge is 2.49. The summed E-state index contributed by atoms with van der Waals surface area (Å²) < 4.78 is 0. The molecule has 2 saturated heterocycles. The van der Waals surface area contributed by atoms with E-state index in [2.05, 4.69) is 54.4 Å². The zero-order valence-electron chi connectivity index (χ0n) is 11.1. The highest BCUT2D eigenvalue weighted by Crippen LogP contribution is 2.39. The zero-order valence-corrected chi connectivity index (χ0v) is 11.1. The van der Waals surface area contributed by atoms with E-state index in [1.807, 2.05) is 0 Å². The molecule has 0 spiro atoms. The van der Waals surface area contributed by atoms with Crippen molar-refractivity contribution in [2.45, 2.75) is 44.0 Å². The number of hydrogen-bond donors (Lipinski definition) is 2. The van der Waals surface area contributed by atoms with Crippen molar-refractivity contribution in [1.29, 1.82) is 0 Å². The van der Waals surface area contributed by atoms with Crippen molar-refractivity contribution >= 4 is 0 Å². The third kappa shape index (κ3) is 1.78. The fraction of sp³-hybridized carbons (Fsp3) is 0.600. The predicted molar refractivity (Wildman–Crippen MR) is 72.4 cm³/mol. The fourth-order valence-electron chi connectivity index (χ4n) is 3.69. The van der Waals surface area contributed by atoms with E-state index in [9.17, 15) is 5.11 Å². The second-order valence-corrected chi connectivity index (χ2v) is 6.01. The molecular formula is C15H22N2O. The number of hydrogen-bond acceptors (Lipinski definition) is 3. The second kappa shape index (κ2) is 4.34. The van der Waals surface area contributed by atoms with Gasteiger partial charge in [-0.05, 0) is 25.8 Å². The van der Waals surface area contributed by atoms with Crippen LogP contribution < -0.4 is 5.32 Å². The van der Waals surface area contributed by atoms with Crippen molar-refractivity contribution in [3.8, 4) is 0 Å². The van der Waals surface area contributed by atoms with Crippen LogP contribution in [-0.2, 0) is 5.54 Å². The Morgan fingerprint density at radius 2 is 1.94 bits per heavy atom. The Morgan fingerprint density at radius 1 is 1.22 bits per heavy atom. The topological polar surface area (TPSA) is 35.5 Å². The van der Waals surface area contributed by atoms with Gasteiger partial charge in [-0.3, -0.25) is 4.90 Å². The Bertz CT molecular complexity index is 418. The minimum Gasteiger partial charge on any atom is -0.391 e. The molecule has 3 rings (SSSR count). The van der Waals surface area contributed by atoms with Gasteiger partial charge in [-0.25, -0.2) is 0 Å². The number of fused-ring (bicyclic) bond motifs is 2. The van der Waals surface area contributed by atoms with Crippen LogP contribution in [0.4, 0.5) is 0 Å². The van der Waals surface area contributed by atoms with Gasteiger partial charge >= 0.3 is 0 Å². The summed E-state index contributed by atoms with van der Waals surface area (Å²) in [6.07, 6.45) is 0.710. The Hall–Kier alpha value is -0.900. The van der Waals surface area contributed by atoms with E-state index in [1.165, 1.54) is 5.56 Å². The van der Waals surface area contributed by atoms with Crippen molar-refractivity contribution in [3.05, 3.63) is 35.9 Å². The van der Waals surface area contributed by atoms with Crippen LogP contribution in [0.1, 0.15) is 25.8 Å². The van der Waals surface area contributed by atoms with Crippen LogP contribution in [0.2, 0.25) is 0 Å². The quantitative estimate of drug-likeness (QED) is 0.826. The van der Waals surface area contributed by atoms with Crippen molar-refractivity contribution < 1.29 is 5.11 Å². The number of piperazine rings is 1. The van der Waals surface area contributed by atoms with Gasteiger partial charge in [0.2, 0.25) is 0 Å². The maximum absolute atomic E-state index is 10.2. The maximum atomic E-state index is 10.2. The first-order valence-electron chi connectivity index (χ1n) is 6.83. The molecule has 2 heterocycles. The summed E-state index contributed by atoms with van der Waals surface area (Å²) >= 11 is 0. The van der Waals surface area contributed by atoms with E-state index in [4.69, 9.17) is 0 Å². The molecule has 0 amide bonds. The number of nitrogens with one attached hydrogen (secondary N) is 1. The molecule has 1 aromatic carbocycles. The van der Waals surface area contributed by atoms with Crippen LogP contribution in [0.15, 0.2) is 30.3 Å². The fourth-order valence-corrected chi connectivity index (χ4v) is 3.69. The van der Waals surface area contributed by atoms with Gasteiger partial charge in [-0.1, -0.05) is 30.3 Å². The standard InChI is InChI=1S/C15H22N2O/c1-15(2,11-6-4-3-5-7-11)17-12-8-14(18)13(17)10-16-9-12/h3-7,12-14,16,18H,8-10H2,1-2H3. The van der Waals surface area contributed by atoms with E-state index < -0.39 is 0 Å². The van der Waals surface area contributed by atoms with Crippen molar-refractivity contribution in [2.24, 2.45) is 0 Å². The molecule has 0 aromatic heterocycles. The lowest BCUT2D eigenvalue weighted by atomic mass is 9.89. The normalized spacial score (nSPS) is 32.7. The average molecular weight is 246 g/mol. The van der Waals surface area contributed by atoms with Crippen LogP contribution in [0, 0.1) is 0 Å². The first-order valence-corrected chi connectivity index (χ1v) is 6.83. The summed E-state index contributed by atoms with van der Waals surface area (Å²) in [5.74, 6) is 0. The molecule has 3 nitrogen and oxygen atoms in total. The number of rotatable bonds is 2. The van der Waals surface area contributed by atoms with Crippen molar-refractivity contribution in [3.63, 3.8) is 0 Å². The maximum Gasteiger partial charge on any atom is 0.0723 e. The summed E-state index contributed by atoms with van der Waals surface area (Å²) in [6, 6.07) is 11.3. The van der Waals surface area contributed by atoms with Gasteiger partial charge in [-0.2, -0.15) is 0 Å². The van der Waals surface area contributed by atoms with Gasteiger partial charge in [0.05, 0.1) is 6.10 Å². The van der Waals surface area contributed by atoms with Crippen molar-refractivity contribution in [1.82, 2.24) is 10.2 Å². The van der Waals surface area contributed by atoms with Gasteiger partial charge in [0.25, 0.3) is 0 Å².